The molecule has 0 spiro atoms. The summed E-state index contributed by atoms with van der Waals surface area (Å²) in [5, 5.41) is 6.44. The highest BCUT2D eigenvalue weighted by Crippen LogP contribution is 1.65. The van der Waals surface area contributed by atoms with E-state index in [1.54, 1.807) is 0 Å². The molecule has 3 nitrogen and oxygen atoms in total. The number of carbonyl (C=O) groups excluding carboxylic acids is 1. The maximum absolute atomic E-state index is 9.17. The molecule has 1 aliphatic rings. The topological polar surface area (TPSA) is 41.1 Å². The van der Waals surface area contributed by atoms with Gasteiger partial charge in [0.15, 0.2) is 0 Å². The van der Waals surface area contributed by atoms with Gasteiger partial charge >= 0.3 is 0 Å². The lowest BCUT2D eigenvalue weighted by atomic mass is 10.4. The van der Waals surface area contributed by atoms with E-state index in [1.165, 1.54) is 0 Å². The second-order valence-corrected chi connectivity index (χ2v) is 2.07. The van der Waals surface area contributed by atoms with Crippen LogP contribution in [0.25, 0.3) is 0 Å². The highest BCUT2D eigenvalue weighted by Gasteiger charge is 1.91. The van der Waals surface area contributed by atoms with Crippen LogP contribution in [0.2, 0.25) is 0 Å². The Morgan fingerprint density at radius 1 is 1.20 bits per heavy atom. The normalized spacial score (nSPS) is 16.9. The van der Waals surface area contributed by atoms with Gasteiger partial charge in [-0.05, 0) is 0 Å². The van der Waals surface area contributed by atoms with Crippen molar-refractivity contribution >= 4 is 6.29 Å². The average molecular weight is 144 g/mol. The van der Waals surface area contributed by atoms with Crippen molar-refractivity contribution in [2.24, 2.45) is 0 Å². The third kappa shape index (κ3) is 7.59. The summed E-state index contributed by atoms with van der Waals surface area (Å²) >= 11 is 0. The maximum Gasteiger partial charge on any atom is 0.119 e. The Balaban J connectivity index is 0.000000180. The van der Waals surface area contributed by atoms with E-state index < -0.39 is 0 Å². The number of nitrogens with one attached hydrogen (secondary N) is 2. The summed E-state index contributed by atoms with van der Waals surface area (Å²) < 4.78 is 0. The zero-order chi connectivity index (χ0) is 7.66. The molecule has 0 unspecified atom stereocenters. The Hall–Kier alpha value is -0.410. The lowest BCUT2D eigenvalue weighted by molar-refractivity contribution is -0.107. The highest BCUT2D eigenvalue weighted by molar-refractivity contribution is 5.48. The lowest BCUT2D eigenvalue weighted by Crippen LogP contribution is -2.39. The molecule has 0 amide bonds. The van der Waals surface area contributed by atoms with E-state index >= 15 is 0 Å². The SMILES string of the molecule is C1CNCCN1.CCC=O. The number of rotatable bonds is 1. The van der Waals surface area contributed by atoms with Crippen LogP contribution in [0, 0.1) is 0 Å². The van der Waals surface area contributed by atoms with E-state index in [9.17, 15) is 4.79 Å². The fourth-order valence-corrected chi connectivity index (χ4v) is 0.604. The molecular weight excluding hydrogens is 128 g/mol. The molecule has 10 heavy (non-hydrogen) atoms. The van der Waals surface area contributed by atoms with E-state index in [-0.39, 0.29) is 0 Å². The maximum atomic E-state index is 9.17. The van der Waals surface area contributed by atoms with E-state index in [1.807, 2.05) is 6.92 Å². The standard InChI is InChI=1S/C4H10N2.C3H6O/c1-2-6-4-3-5-1;1-2-3-4/h5-6H,1-4H2;3H,2H2,1H3. The highest BCUT2D eigenvalue weighted by atomic mass is 16.1. The molecule has 0 bridgehead atoms. The van der Waals surface area contributed by atoms with Gasteiger partial charge in [-0.15, -0.1) is 0 Å². The van der Waals surface area contributed by atoms with Crippen molar-refractivity contribution in [3.8, 4) is 0 Å². The van der Waals surface area contributed by atoms with Gasteiger partial charge in [0.25, 0.3) is 0 Å². The van der Waals surface area contributed by atoms with Gasteiger partial charge in [0.1, 0.15) is 6.29 Å². The Morgan fingerprint density at radius 3 is 1.60 bits per heavy atom. The quantitative estimate of drug-likeness (QED) is 0.500. The molecule has 1 rings (SSSR count). The third-order valence-electron chi connectivity index (χ3n) is 1.12. The van der Waals surface area contributed by atoms with Gasteiger partial charge in [0, 0.05) is 32.6 Å². The van der Waals surface area contributed by atoms with Gasteiger partial charge in [0.05, 0.1) is 0 Å². The monoisotopic (exact) mass is 144 g/mol. The minimum absolute atomic E-state index is 0.639. The van der Waals surface area contributed by atoms with Crippen LogP contribution < -0.4 is 10.6 Å². The molecule has 0 atom stereocenters. The van der Waals surface area contributed by atoms with Crippen LogP contribution in [-0.4, -0.2) is 32.5 Å². The first-order valence-electron chi connectivity index (χ1n) is 3.77. The van der Waals surface area contributed by atoms with Crippen LogP contribution in [0.5, 0.6) is 0 Å². The zero-order valence-electron chi connectivity index (χ0n) is 6.52. The van der Waals surface area contributed by atoms with E-state index in [0.717, 1.165) is 32.5 Å². The first-order chi connectivity index (χ1) is 4.91. The molecule has 60 valence electrons. The summed E-state index contributed by atoms with van der Waals surface area (Å²) in [7, 11) is 0. The van der Waals surface area contributed by atoms with E-state index in [0.29, 0.717) is 6.42 Å². The van der Waals surface area contributed by atoms with Gasteiger partial charge < -0.3 is 15.4 Å². The first-order valence-corrected chi connectivity index (χ1v) is 3.77. The molecule has 0 radical (unpaired) electrons. The van der Waals surface area contributed by atoms with Crippen molar-refractivity contribution in [2.45, 2.75) is 13.3 Å². The molecule has 1 heterocycles. The predicted molar refractivity (Wildman–Crippen MR) is 42.1 cm³/mol. The van der Waals surface area contributed by atoms with E-state index in [4.69, 9.17) is 0 Å². The van der Waals surface area contributed by atoms with Gasteiger partial charge in [-0.25, -0.2) is 0 Å². The van der Waals surface area contributed by atoms with Crippen LogP contribution >= 0.6 is 0 Å². The number of aldehydes is 1. The number of carbonyl (C=O) groups is 1. The molecule has 1 aliphatic heterocycles. The second-order valence-electron chi connectivity index (χ2n) is 2.07. The number of piperazine rings is 1. The molecule has 1 saturated heterocycles. The largest absolute Gasteiger partial charge is 0.314 e. The Bertz CT molecular complexity index is 60.5. The minimum Gasteiger partial charge on any atom is -0.314 e. The van der Waals surface area contributed by atoms with E-state index in [2.05, 4.69) is 10.6 Å². The summed E-state index contributed by atoms with van der Waals surface area (Å²) in [6.07, 6.45) is 1.51. The van der Waals surface area contributed by atoms with Crippen molar-refractivity contribution in [3.63, 3.8) is 0 Å². The fraction of sp³-hybridized carbons (Fsp3) is 0.857. The number of hydrogen-bond donors (Lipinski definition) is 2. The van der Waals surface area contributed by atoms with Crippen molar-refractivity contribution in [2.75, 3.05) is 26.2 Å². The Kier molecular flexibility index (Phi) is 8.24. The summed E-state index contributed by atoms with van der Waals surface area (Å²) in [6.45, 7) is 6.37. The average Bonchev–Trinajstić information content (AvgIpc) is 2.08. The predicted octanol–water partition coefficient (Wildman–Crippen LogP) is -0.226. The first kappa shape index (κ1) is 9.59. The fourth-order valence-electron chi connectivity index (χ4n) is 0.604. The summed E-state index contributed by atoms with van der Waals surface area (Å²) in [6, 6.07) is 0. The minimum atomic E-state index is 0.639. The second kappa shape index (κ2) is 8.59. The molecular formula is C7H16N2O. The molecule has 0 aromatic carbocycles. The van der Waals surface area contributed by atoms with Crippen LogP contribution in [0.15, 0.2) is 0 Å². The van der Waals surface area contributed by atoms with Crippen molar-refractivity contribution in [3.05, 3.63) is 0 Å². The molecule has 2 N–H and O–H groups in total. The summed E-state index contributed by atoms with van der Waals surface area (Å²) in [5.41, 5.74) is 0. The molecule has 3 heteroatoms. The Morgan fingerprint density at radius 2 is 1.50 bits per heavy atom. The molecule has 0 aromatic rings. The van der Waals surface area contributed by atoms with Gasteiger partial charge in [-0.3, -0.25) is 0 Å². The smallest absolute Gasteiger partial charge is 0.119 e. The van der Waals surface area contributed by atoms with Crippen LogP contribution in [-0.2, 0) is 4.79 Å². The summed E-state index contributed by atoms with van der Waals surface area (Å²) in [4.78, 5) is 9.17. The van der Waals surface area contributed by atoms with Crippen molar-refractivity contribution in [1.29, 1.82) is 0 Å². The van der Waals surface area contributed by atoms with Crippen molar-refractivity contribution < 1.29 is 4.79 Å². The van der Waals surface area contributed by atoms with Gasteiger partial charge in [0.2, 0.25) is 0 Å². The molecule has 0 aliphatic carbocycles. The van der Waals surface area contributed by atoms with Crippen LogP contribution in [0.4, 0.5) is 0 Å². The third-order valence-corrected chi connectivity index (χ3v) is 1.12. The molecule has 0 saturated carbocycles. The van der Waals surface area contributed by atoms with Crippen molar-refractivity contribution in [1.82, 2.24) is 10.6 Å². The van der Waals surface area contributed by atoms with Crippen LogP contribution in [0.3, 0.4) is 0 Å². The molecule has 1 fully saturated rings. The Labute approximate surface area is 62.2 Å². The van der Waals surface area contributed by atoms with Gasteiger partial charge in [-0.2, -0.15) is 0 Å². The lowest BCUT2D eigenvalue weighted by Gasteiger charge is -2.11. The molecule has 0 aromatic heterocycles. The number of hydrogen-bond acceptors (Lipinski definition) is 3. The summed E-state index contributed by atoms with van der Waals surface area (Å²) in [5.74, 6) is 0. The van der Waals surface area contributed by atoms with Gasteiger partial charge in [-0.1, -0.05) is 6.92 Å². The zero-order valence-corrected chi connectivity index (χ0v) is 6.52. The van der Waals surface area contributed by atoms with Crippen LogP contribution in [0.1, 0.15) is 13.3 Å².